The zero-order valence-corrected chi connectivity index (χ0v) is 11.3. The third-order valence-electron chi connectivity index (χ3n) is 3.91. The molecule has 1 aliphatic carbocycles. The molecule has 0 radical (unpaired) electrons. The van der Waals surface area contributed by atoms with Crippen LogP contribution in [0.25, 0.3) is 0 Å². The predicted octanol–water partition coefficient (Wildman–Crippen LogP) is 1.38. The van der Waals surface area contributed by atoms with Crippen LogP contribution in [-0.4, -0.2) is 32.8 Å². The van der Waals surface area contributed by atoms with Crippen LogP contribution in [0.1, 0.15) is 51.4 Å². The Balaban J connectivity index is 1.90. The zero-order chi connectivity index (χ0) is 12.1. The van der Waals surface area contributed by atoms with Crippen LogP contribution in [0.5, 0.6) is 0 Å². The zero-order valence-electron chi connectivity index (χ0n) is 10.5. The van der Waals surface area contributed by atoms with Crippen molar-refractivity contribution in [1.29, 1.82) is 0 Å². The highest BCUT2D eigenvalue weighted by Gasteiger charge is 2.29. The molecular weight excluding hydrogens is 236 g/mol. The highest BCUT2D eigenvalue weighted by atomic mass is 32.2. The average molecular weight is 260 g/mol. The molecule has 0 unspecified atom stereocenters. The van der Waals surface area contributed by atoms with E-state index >= 15 is 0 Å². The van der Waals surface area contributed by atoms with Crippen molar-refractivity contribution in [3.05, 3.63) is 0 Å². The quantitative estimate of drug-likeness (QED) is 0.754. The molecule has 100 valence electrons. The molecule has 5 heteroatoms. The largest absolute Gasteiger partial charge is 0.317 e. The molecule has 1 heterocycles. The SMILES string of the molecule is O=S(=O)(NC1CCCCCC1)C1CCNCC1. The first-order chi connectivity index (χ1) is 8.18. The Kier molecular flexibility index (Phi) is 4.82. The van der Waals surface area contributed by atoms with Gasteiger partial charge in [-0.1, -0.05) is 25.7 Å². The van der Waals surface area contributed by atoms with E-state index in [1.54, 1.807) is 0 Å². The van der Waals surface area contributed by atoms with Crippen molar-refractivity contribution < 1.29 is 8.42 Å². The molecule has 1 saturated heterocycles. The number of hydrogen-bond donors (Lipinski definition) is 2. The number of sulfonamides is 1. The fourth-order valence-electron chi connectivity index (χ4n) is 2.83. The maximum Gasteiger partial charge on any atom is 0.214 e. The minimum absolute atomic E-state index is 0.174. The van der Waals surface area contributed by atoms with Crippen LogP contribution in [0.3, 0.4) is 0 Å². The molecule has 0 bridgehead atoms. The monoisotopic (exact) mass is 260 g/mol. The van der Waals surface area contributed by atoms with Gasteiger partial charge in [0.05, 0.1) is 5.25 Å². The van der Waals surface area contributed by atoms with Gasteiger partial charge in [-0.15, -0.1) is 0 Å². The molecule has 0 spiro atoms. The summed E-state index contributed by atoms with van der Waals surface area (Å²) in [5, 5.41) is 3.03. The molecule has 0 atom stereocenters. The number of nitrogens with one attached hydrogen (secondary N) is 2. The van der Waals surface area contributed by atoms with Gasteiger partial charge in [0.2, 0.25) is 10.0 Å². The number of rotatable bonds is 3. The Hall–Kier alpha value is -0.130. The highest BCUT2D eigenvalue weighted by Crippen LogP contribution is 2.20. The smallest absolute Gasteiger partial charge is 0.214 e. The van der Waals surface area contributed by atoms with E-state index in [4.69, 9.17) is 0 Å². The molecule has 0 aromatic rings. The molecule has 0 aromatic heterocycles. The lowest BCUT2D eigenvalue weighted by molar-refractivity contribution is 0.468. The molecule has 2 N–H and O–H groups in total. The fourth-order valence-corrected chi connectivity index (χ4v) is 4.58. The summed E-state index contributed by atoms with van der Waals surface area (Å²) in [4.78, 5) is 0. The van der Waals surface area contributed by atoms with Gasteiger partial charge in [0, 0.05) is 6.04 Å². The summed E-state index contributed by atoms with van der Waals surface area (Å²) >= 11 is 0. The van der Waals surface area contributed by atoms with Crippen LogP contribution < -0.4 is 10.0 Å². The Morgan fingerprint density at radius 3 is 2.06 bits per heavy atom. The Morgan fingerprint density at radius 2 is 1.47 bits per heavy atom. The van der Waals surface area contributed by atoms with E-state index in [0.717, 1.165) is 38.8 Å². The van der Waals surface area contributed by atoms with Crippen molar-refractivity contribution in [2.24, 2.45) is 0 Å². The van der Waals surface area contributed by atoms with E-state index in [1.165, 1.54) is 25.7 Å². The molecule has 4 nitrogen and oxygen atoms in total. The van der Waals surface area contributed by atoms with E-state index in [9.17, 15) is 8.42 Å². The van der Waals surface area contributed by atoms with E-state index in [2.05, 4.69) is 10.0 Å². The van der Waals surface area contributed by atoms with Crippen LogP contribution in [0.15, 0.2) is 0 Å². The topological polar surface area (TPSA) is 58.2 Å². The lowest BCUT2D eigenvalue weighted by Gasteiger charge is -2.25. The van der Waals surface area contributed by atoms with Gasteiger partial charge in [0.25, 0.3) is 0 Å². The van der Waals surface area contributed by atoms with Gasteiger partial charge in [-0.3, -0.25) is 0 Å². The third-order valence-corrected chi connectivity index (χ3v) is 5.92. The normalized spacial score (nSPS) is 25.6. The summed E-state index contributed by atoms with van der Waals surface area (Å²) in [5.41, 5.74) is 0. The van der Waals surface area contributed by atoms with Crippen molar-refractivity contribution >= 4 is 10.0 Å². The Bertz CT molecular complexity index is 315. The Labute approximate surface area is 105 Å². The van der Waals surface area contributed by atoms with Crippen LogP contribution >= 0.6 is 0 Å². The van der Waals surface area contributed by atoms with Crippen LogP contribution in [0, 0.1) is 0 Å². The predicted molar refractivity (Wildman–Crippen MR) is 69.4 cm³/mol. The lowest BCUT2D eigenvalue weighted by atomic mass is 10.1. The van der Waals surface area contributed by atoms with E-state index < -0.39 is 10.0 Å². The van der Waals surface area contributed by atoms with Crippen molar-refractivity contribution in [3.63, 3.8) is 0 Å². The third kappa shape index (κ3) is 3.93. The highest BCUT2D eigenvalue weighted by molar-refractivity contribution is 7.90. The second-order valence-corrected chi connectivity index (χ2v) is 7.29. The summed E-state index contributed by atoms with van der Waals surface area (Å²) in [5.74, 6) is 0. The maximum atomic E-state index is 12.2. The molecule has 1 saturated carbocycles. The average Bonchev–Trinajstić information content (AvgIpc) is 2.58. The van der Waals surface area contributed by atoms with Crippen molar-refractivity contribution in [3.8, 4) is 0 Å². The summed E-state index contributed by atoms with van der Waals surface area (Å²) in [6, 6.07) is 0.192. The van der Waals surface area contributed by atoms with Crippen molar-refractivity contribution in [2.45, 2.75) is 62.7 Å². The minimum atomic E-state index is -3.09. The Morgan fingerprint density at radius 1 is 0.882 bits per heavy atom. The molecule has 1 aliphatic heterocycles. The molecule has 0 amide bonds. The van der Waals surface area contributed by atoms with Gasteiger partial charge in [0.1, 0.15) is 0 Å². The maximum absolute atomic E-state index is 12.2. The fraction of sp³-hybridized carbons (Fsp3) is 1.00. The van der Waals surface area contributed by atoms with E-state index in [-0.39, 0.29) is 11.3 Å². The molecule has 0 aromatic carbocycles. The minimum Gasteiger partial charge on any atom is -0.317 e. The van der Waals surface area contributed by atoms with Crippen molar-refractivity contribution in [2.75, 3.05) is 13.1 Å². The van der Waals surface area contributed by atoms with Gasteiger partial charge < -0.3 is 5.32 Å². The standard InChI is InChI=1S/C12H24N2O2S/c15-17(16,12-7-9-13-10-8-12)14-11-5-3-1-2-4-6-11/h11-14H,1-10H2. The summed E-state index contributed by atoms with van der Waals surface area (Å²) in [6.07, 6.45) is 8.38. The molecule has 17 heavy (non-hydrogen) atoms. The van der Waals surface area contributed by atoms with E-state index in [0.29, 0.717) is 0 Å². The second kappa shape index (κ2) is 6.16. The van der Waals surface area contributed by atoms with Gasteiger partial charge in [-0.05, 0) is 38.8 Å². The molecular formula is C12H24N2O2S. The molecule has 2 aliphatic rings. The van der Waals surface area contributed by atoms with Crippen LogP contribution in [0.4, 0.5) is 0 Å². The first kappa shape index (κ1) is 13.3. The van der Waals surface area contributed by atoms with Gasteiger partial charge in [-0.25, -0.2) is 13.1 Å². The molecule has 2 rings (SSSR count). The van der Waals surface area contributed by atoms with Crippen LogP contribution in [-0.2, 0) is 10.0 Å². The first-order valence-electron chi connectivity index (χ1n) is 6.90. The lowest BCUT2D eigenvalue weighted by Crippen LogP contribution is -2.45. The van der Waals surface area contributed by atoms with Gasteiger partial charge in [-0.2, -0.15) is 0 Å². The van der Waals surface area contributed by atoms with Gasteiger partial charge in [0.15, 0.2) is 0 Å². The number of hydrogen-bond acceptors (Lipinski definition) is 3. The molecule has 2 fully saturated rings. The van der Waals surface area contributed by atoms with Gasteiger partial charge >= 0.3 is 0 Å². The summed E-state index contributed by atoms with van der Waals surface area (Å²) < 4.78 is 27.4. The second-order valence-electron chi connectivity index (χ2n) is 5.30. The van der Waals surface area contributed by atoms with Crippen molar-refractivity contribution in [1.82, 2.24) is 10.0 Å². The number of piperidine rings is 1. The summed E-state index contributed by atoms with van der Waals surface area (Å²) in [7, 11) is -3.09. The van der Waals surface area contributed by atoms with E-state index in [1.807, 2.05) is 0 Å². The van der Waals surface area contributed by atoms with Crippen LogP contribution in [0.2, 0.25) is 0 Å². The first-order valence-corrected chi connectivity index (χ1v) is 8.45. The summed E-state index contributed by atoms with van der Waals surface area (Å²) in [6.45, 7) is 1.66.